The summed E-state index contributed by atoms with van der Waals surface area (Å²) >= 11 is 7.83. The Morgan fingerprint density at radius 1 is 1.21 bits per heavy atom. The van der Waals surface area contributed by atoms with Gasteiger partial charge >= 0.3 is 0 Å². The fraction of sp³-hybridized carbons (Fsp3) is 0.455. The minimum Gasteiger partial charge on any atom is -0.383 e. The predicted octanol–water partition coefficient (Wildman–Crippen LogP) is 4.68. The van der Waals surface area contributed by atoms with Gasteiger partial charge in [0, 0.05) is 30.3 Å². The highest BCUT2D eigenvalue weighted by Crippen LogP contribution is 2.30. The average molecular weight is 435 g/mol. The van der Waals surface area contributed by atoms with Crippen molar-refractivity contribution in [2.45, 2.75) is 44.2 Å². The molecule has 5 nitrogen and oxygen atoms in total. The molecule has 0 spiro atoms. The summed E-state index contributed by atoms with van der Waals surface area (Å²) < 4.78 is 5.23. The van der Waals surface area contributed by atoms with Gasteiger partial charge in [0.2, 0.25) is 5.91 Å². The maximum atomic E-state index is 13.4. The summed E-state index contributed by atoms with van der Waals surface area (Å²) in [6.45, 7) is 0.621. The van der Waals surface area contributed by atoms with E-state index < -0.39 is 6.04 Å². The topological polar surface area (TPSA) is 58.6 Å². The minimum absolute atomic E-state index is 0.141. The molecule has 1 atom stereocenters. The molecule has 1 aliphatic carbocycles. The van der Waals surface area contributed by atoms with Crippen molar-refractivity contribution in [1.29, 1.82) is 0 Å². The summed E-state index contributed by atoms with van der Waals surface area (Å²) in [5.41, 5.74) is 0.628. The summed E-state index contributed by atoms with van der Waals surface area (Å²) in [4.78, 5) is 28.9. The Kier molecular flexibility index (Phi) is 8.09. The van der Waals surface area contributed by atoms with Crippen molar-refractivity contribution < 1.29 is 14.3 Å². The van der Waals surface area contributed by atoms with E-state index in [9.17, 15) is 9.59 Å². The van der Waals surface area contributed by atoms with E-state index in [1.807, 2.05) is 29.6 Å². The minimum atomic E-state index is -0.810. The van der Waals surface area contributed by atoms with E-state index in [1.165, 1.54) is 17.8 Å². The SMILES string of the molecule is COCCN(C(=O)c1cccs1)[C@H](C(=O)NC1CCCCC1)c1ccccc1Cl. The number of nitrogens with one attached hydrogen (secondary N) is 1. The summed E-state index contributed by atoms with van der Waals surface area (Å²) in [7, 11) is 1.58. The first kappa shape index (κ1) is 21.8. The number of amides is 2. The van der Waals surface area contributed by atoms with Crippen LogP contribution in [0.5, 0.6) is 0 Å². The van der Waals surface area contributed by atoms with E-state index in [2.05, 4.69) is 5.32 Å². The van der Waals surface area contributed by atoms with E-state index in [4.69, 9.17) is 16.3 Å². The van der Waals surface area contributed by atoms with Gasteiger partial charge in [0.05, 0.1) is 11.5 Å². The second-order valence-electron chi connectivity index (χ2n) is 7.24. The first-order chi connectivity index (χ1) is 14.1. The number of ether oxygens (including phenoxy) is 1. The highest BCUT2D eigenvalue weighted by atomic mass is 35.5. The lowest BCUT2D eigenvalue weighted by Gasteiger charge is -2.33. The maximum Gasteiger partial charge on any atom is 0.264 e. The van der Waals surface area contributed by atoms with Gasteiger partial charge in [-0.15, -0.1) is 11.3 Å². The third-order valence-electron chi connectivity index (χ3n) is 5.24. The third kappa shape index (κ3) is 5.59. The Morgan fingerprint density at radius 2 is 1.97 bits per heavy atom. The number of nitrogens with zero attached hydrogens (tertiary/aromatic N) is 1. The van der Waals surface area contributed by atoms with Gasteiger partial charge in [-0.25, -0.2) is 0 Å². The Morgan fingerprint density at radius 3 is 2.62 bits per heavy atom. The molecule has 0 unspecified atom stereocenters. The van der Waals surface area contributed by atoms with Crippen molar-refractivity contribution in [3.63, 3.8) is 0 Å². The van der Waals surface area contributed by atoms with E-state index in [0.717, 1.165) is 25.7 Å². The molecule has 1 saturated carbocycles. The van der Waals surface area contributed by atoms with Crippen LogP contribution in [0, 0.1) is 0 Å². The molecule has 7 heteroatoms. The van der Waals surface area contributed by atoms with Crippen molar-refractivity contribution in [3.8, 4) is 0 Å². The number of halogens is 1. The number of hydrogen-bond acceptors (Lipinski definition) is 4. The van der Waals surface area contributed by atoms with Crippen molar-refractivity contribution in [2.24, 2.45) is 0 Å². The molecule has 0 saturated heterocycles. The number of thiophene rings is 1. The number of carbonyl (C=O) groups is 2. The molecule has 0 radical (unpaired) electrons. The quantitative estimate of drug-likeness (QED) is 0.656. The number of methoxy groups -OCH3 is 1. The molecule has 0 aliphatic heterocycles. The predicted molar refractivity (Wildman–Crippen MR) is 116 cm³/mol. The lowest BCUT2D eigenvalue weighted by Crippen LogP contribution is -2.48. The molecule has 1 aromatic carbocycles. The molecule has 1 fully saturated rings. The molecule has 1 aliphatic rings. The van der Waals surface area contributed by atoms with Crippen LogP contribution in [-0.2, 0) is 9.53 Å². The molecule has 2 aromatic rings. The highest BCUT2D eigenvalue weighted by Gasteiger charge is 2.34. The first-order valence-corrected chi connectivity index (χ1v) is 11.3. The van der Waals surface area contributed by atoms with Crippen LogP contribution in [0.15, 0.2) is 41.8 Å². The Hall–Kier alpha value is -1.89. The smallest absolute Gasteiger partial charge is 0.264 e. The first-order valence-electron chi connectivity index (χ1n) is 10.00. The van der Waals surface area contributed by atoms with Gasteiger partial charge in [-0.05, 0) is 30.4 Å². The van der Waals surface area contributed by atoms with E-state index >= 15 is 0 Å². The third-order valence-corrected chi connectivity index (χ3v) is 6.44. The molecule has 2 amide bonds. The normalized spacial score (nSPS) is 15.7. The van der Waals surface area contributed by atoms with Crippen LogP contribution >= 0.6 is 22.9 Å². The Labute approximate surface area is 181 Å². The van der Waals surface area contributed by atoms with Crippen LogP contribution in [0.2, 0.25) is 5.02 Å². The molecule has 1 N–H and O–H groups in total. The standard InChI is InChI=1S/C22H27ClN2O3S/c1-28-14-13-25(22(27)19-12-7-15-29-19)20(17-10-5-6-11-18(17)23)21(26)24-16-8-3-2-4-9-16/h5-7,10-12,15-16,20H,2-4,8-9,13-14H2,1H3,(H,24,26)/t20-/m0/s1. The van der Waals surface area contributed by atoms with Crippen molar-refractivity contribution in [3.05, 3.63) is 57.2 Å². The molecule has 1 aromatic heterocycles. The summed E-state index contributed by atoms with van der Waals surface area (Å²) in [5.74, 6) is -0.383. The van der Waals surface area contributed by atoms with Gasteiger partial charge in [-0.3, -0.25) is 9.59 Å². The summed E-state index contributed by atoms with van der Waals surface area (Å²) in [5, 5.41) is 5.50. The van der Waals surface area contributed by atoms with Crippen molar-refractivity contribution >= 4 is 34.8 Å². The van der Waals surface area contributed by atoms with Crippen molar-refractivity contribution in [2.75, 3.05) is 20.3 Å². The van der Waals surface area contributed by atoms with Gasteiger partial charge < -0.3 is 15.0 Å². The van der Waals surface area contributed by atoms with Gasteiger partial charge in [-0.2, -0.15) is 0 Å². The molecule has 156 valence electrons. The Balaban J connectivity index is 1.94. The molecule has 0 bridgehead atoms. The van der Waals surface area contributed by atoms with Crippen LogP contribution in [-0.4, -0.2) is 43.0 Å². The fourth-order valence-electron chi connectivity index (χ4n) is 3.75. The molecule has 1 heterocycles. The van der Waals surface area contributed by atoms with Gasteiger partial charge in [0.1, 0.15) is 6.04 Å². The van der Waals surface area contributed by atoms with Crippen LogP contribution in [0.3, 0.4) is 0 Å². The van der Waals surface area contributed by atoms with E-state index in [1.54, 1.807) is 24.1 Å². The second kappa shape index (κ2) is 10.8. The number of hydrogen-bond donors (Lipinski definition) is 1. The largest absolute Gasteiger partial charge is 0.383 e. The van der Waals surface area contributed by atoms with Crippen molar-refractivity contribution in [1.82, 2.24) is 10.2 Å². The second-order valence-corrected chi connectivity index (χ2v) is 8.59. The van der Waals surface area contributed by atoms with Crippen LogP contribution in [0.4, 0.5) is 0 Å². The average Bonchev–Trinajstić information content (AvgIpc) is 3.27. The van der Waals surface area contributed by atoms with Gasteiger partial charge in [0.25, 0.3) is 5.91 Å². The summed E-state index contributed by atoms with van der Waals surface area (Å²) in [6, 6.07) is 10.2. The van der Waals surface area contributed by atoms with Crippen LogP contribution in [0.25, 0.3) is 0 Å². The van der Waals surface area contributed by atoms with E-state index in [0.29, 0.717) is 28.6 Å². The zero-order valence-electron chi connectivity index (χ0n) is 16.6. The van der Waals surface area contributed by atoms with Gasteiger partial charge in [0.15, 0.2) is 0 Å². The zero-order valence-corrected chi connectivity index (χ0v) is 18.2. The van der Waals surface area contributed by atoms with Gasteiger partial charge in [-0.1, -0.05) is 55.1 Å². The monoisotopic (exact) mass is 434 g/mol. The zero-order chi connectivity index (χ0) is 20.6. The Bertz CT molecular complexity index is 806. The number of rotatable bonds is 8. The lowest BCUT2D eigenvalue weighted by atomic mass is 9.94. The lowest BCUT2D eigenvalue weighted by molar-refractivity contribution is -0.127. The molecular formula is C22H27ClN2O3S. The summed E-state index contributed by atoms with van der Waals surface area (Å²) in [6.07, 6.45) is 5.37. The van der Waals surface area contributed by atoms with Crippen LogP contribution < -0.4 is 5.32 Å². The number of benzene rings is 1. The molecular weight excluding hydrogens is 408 g/mol. The van der Waals surface area contributed by atoms with Crippen LogP contribution in [0.1, 0.15) is 53.4 Å². The maximum absolute atomic E-state index is 13.4. The number of carbonyl (C=O) groups excluding carboxylic acids is 2. The van der Waals surface area contributed by atoms with E-state index in [-0.39, 0.29) is 17.9 Å². The molecule has 3 rings (SSSR count). The highest BCUT2D eigenvalue weighted by molar-refractivity contribution is 7.12. The fourth-order valence-corrected chi connectivity index (χ4v) is 4.67. The molecule has 29 heavy (non-hydrogen) atoms.